The first-order chi connectivity index (χ1) is 13.1. The third-order valence-electron chi connectivity index (χ3n) is 3.44. The van der Waals surface area contributed by atoms with Gasteiger partial charge in [0.2, 0.25) is 11.9 Å². The Labute approximate surface area is 155 Å². The van der Waals surface area contributed by atoms with Crippen LogP contribution in [-0.4, -0.2) is 34.7 Å². The summed E-state index contributed by atoms with van der Waals surface area (Å²) >= 11 is 1.37. The van der Waals surface area contributed by atoms with Crippen molar-refractivity contribution in [2.24, 2.45) is 0 Å². The number of hydrogen-bond acceptors (Lipinski definition) is 9. The molecule has 3 heterocycles. The van der Waals surface area contributed by atoms with Gasteiger partial charge in [-0.05, 0) is 52.2 Å². The number of nitrogens with two attached hydrogens (primary N) is 1. The lowest BCUT2D eigenvalue weighted by Crippen LogP contribution is -2.25. The maximum absolute atomic E-state index is 13.0. The summed E-state index contributed by atoms with van der Waals surface area (Å²) in [5, 5.41) is 13.1. The van der Waals surface area contributed by atoms with Crippen LogP contribution in [0.4, 0.5) is 22.0 Å². The zero-order valence-corrected chi connectivity index (χ0v) is 14.5. The lowest BCUT2D eigenvalue weighted by atomic mass is 10.3. The fourth-order valence-electron chi connectivity index (χ4n) is 2.26. The Morgan fingerprint density at radius 3 is 2.67 bits per heavy atom. The van der Waals surface area contributed by atoms with Gasteiger partial charge in [0.05, 0.1) is 0 Å². The van der Waals surface area contributed by atoms with E-state index in [-0.39, 0.29) is 30.1 Å². The Bertz CT molecular complexity index is 1120. The van der Waals surface area contributed by atoms with Crippen molar-refractivity contribution in [3.8, 4) is 5.00 Å². The maximum Gasteiger partial charge on any atom is 0.369 e. The Hall–Kier alpha value is -3.67. The van der Waals surface area contributed by atoms with Crippen LogP contribution in [-0.2, 0) is 6.54 Å². The Balaban J connectivity index is 1.59. The van der Waals surface area contributed by atoms with Gasteiger partial charge in [-0.25, -0.2) is 9.18 Å². The van der Waals surface area contributed by atoms with Gasteiger partial charge in [0.1, 0.15) is 17.4 Å². The van der Waals surface area contributed by atoms with E-state index >= 15 is 0 Å². The number of benzene rings is 1. The number of halogens is 1. The molecule has 0 radical (unpaired) electrons. The van der Waals surface area contributed by atoms with Crippen LogP contribution in [0, 0.1) is 5.82 Å². The van der Waals surface area contributed by atoms with Gasteiger partial charge >= 0.3 is 5.69 Å². The molecule has 0 unspecified atom stereocenters. The number of aromatic nitrogens is 7. The summed E-state index contributed by atoms with van der Waals surface area (Å²) in [5.74, 6) is 0.0168. The van der Waals surface area contributed by atoms with E-state index in [2.05, 4.69) is 30.7 Å². The van der Waals surface area contributed by atoms with Crippen molar-refractivity contribution in [3.05, 3.63) is 63.9 Å². The van der Waals surface area contributed by atoms with Crippen LogP contribution >= 0.6 is 11.3 Å². The second kappa shape index (κ2) is 6.92. The normalized spacial score (nSPS) is 10.9. The highest BCUT2D eigenvalue weighted by molar-refractivity contribution is 7.12. The molecule has 4 rings (SSSR count). The van der Waals surface area contributed by atoms with Crippen molar-refractivity contribution >= 4 is 28.9 Å². The minimum atomic E-state index is -0.426. The van der Waals surface area contributed by atoms with Crippen LogP contribution in [0.25, 0.3) is 5.00 Å². The van der Waals surface area contributed by atoms with Gasteiger partial charge in [-0.15, -0.1) is 11.3 Å². The van der Waals surface area contributed by atoms with Crippen LogP contribution in [0.2, 0.25) is 0 Å². The molecule has 0 bridgehead atoms. The molecule has 10 nitrogen and oxygen atoms in total. The Morgan fingerprint density at radius 1 is 1.11 bits per heavy atom. The van der Waals surface area contributed by atoms with Crippen molar-refractivity contribution in [2.45, 2.75) is 6.54 Å². The van der Waals surface area contributed by atoms with Crippen molar-refractivity contribution < 1.29 is 4.39 Å². The lowest BCUT2D eigenvalue weighted by Gasteiger charge is -2.07. The predicted octanol–water partition coefficient (Wildman–Crippen LogP) is 1.19. The highest BCUT2D eigenvalue weighted by Gasteiger charge is 2.13. The van der Waals surface area contributed by atoms with E-state index in [1.807, 2.05) is 11.4 Å². The molecule has 0 saturated heterocycles. The van der Waals surface area contributed by atoms with Gasteiger partial charge in [0.15, 0.2) is 5.82 Å². The lowest BCUT2D eigenvalue weighted by molar-refractivity contribution is 0.608. The molecule has 1 aromatic carbocycles. The molecule has 27 heavy (non-hydrogen) atoms. The van der Waals surface area contributed by atoms with Gasteiger partial charge in [-0.3, -0.25) is 0 Å². The van der Waals surface area contributed by atoms with E-state index in [1.54, 1.807) is 6.07 Å². The summed E-state index contributed by atoms with van der Waals surface area (Å²) in [7, 11) is 0. The highest BCUT2D eigenvalue weighted by Crippen LogP contribution is 2.14. The SMILES string of the molecule is Nc1nc(Cn2nnn(-c3cccs3)c2=O)nc(Nc2ccc(F)cc2)n1. The second-order valence-corrected chi connectivity index (χ2v) is 6.27. The summed E-state index contributed by atoms with van der Waals surface area (Å²) in [6.45, 7) is -0.0327. The largest absolute Gasteiger partial charge is 0.369 e. The summed E-state index contributed by atoms with van der Waals surface area (Å²) in [5.41, 5.74) is 5.87. The predicted molar refractivity (Wildman–Crippen MR) is 96.5 cm³/mol. The smallest absolute Gasteiger partial charge is 0.368 e. The molecular weight excluding hydrogens is 373 g/mol. The number of thiophene rings is 1. The van der Waals surface area contributed by atoms with E-state index in [0.29, 0.717) is 10.7 Å². The molecule has 0 fully saturated rings. The van der Waals surface area contributed by atoms with Crippen LogP contribution in [0.5, 0.6) is 0 Å². The first-order valence-electron chi connectivity index (χ1n) is 7.68. The maximum atomic E-state index is 13.0. The molecule has 0 aliphatic rings. The summed E-state index contributed by atoms with van der Waals surface area (Å²) < 4.78 is 15.3. The third-order valence-corrected chi connectivity index (χ3v) is 4.29. The molecule has 0 aliphatic heterocycles. The molecule has 0 amide bonds. The average Bonchev–Trinajstić information content (AvgIpc) is 3.27. The number of nitrogens with one attached hydrogen (secondary N) is 1. The molecule has 3 N–H and O–H groups in total. The molecule has 4 aromatic rings. The molecule has 0 spiro atoms. The fraction of sp³-hybridized carbons (Fsp3) is 0.0667. The molecule has 0 aliphatic carbocycles. The molecule has 12 heteroatoms. The first kappa shape index (κ1) is 16.8. The van der Waals surface area contributed by atoms with Crippen LogP contribution in [0.3, 0.4) is 0 Å². The first-order valence-corrected chi connectivity index (χ1v) is 8.56. The van der Waals surface area contributed by atoms with Crippen LogP contribution < -0.4 is 16.7 Å². The van der Waals surface area contributed by atoms with E-state index in [0.717, 1.165) is 4.68 Å². The van der Waals surface area contributed by atoms with Gasteiger partial charge in [0.25, 0.3) is 0 Å². The summed E-state index contributed by atoms with van der Waals surface area (Å²) in [6.07, 6.45) is 0. The molecule has 0 atom stereocenters. The fourth-order valence-corrected chi connectivity index (χ4v) is 2.93. The third kappa shape index (κ3) is 3.64. The van der Waals surface area contributed by atoms with Gasteiger partial charge < -0.3 is 11.1 Å². The minimum Gasteiger partial charge on any atom is -0.368 e. The van der Waals surface area contributed by atoms with E-state index < -0.39 is 5.69 Å². The van der Waals surface area contributed by atoms with Crippen molar-refractivity contribution in [1.82, 2.24) is 34.7 Å². The quantitative estimate of drug-likeness (QED) is 0.524. The van der Waals surface area contributed by atoms with Crippen molar-refractivity contribution in [3.63, 3.8) is 0 Å². The topological polar surface area (TPSA) is 129 Å². The number of rotatable bonds is 5. The van der Waals surface area contributed by atoms with Crippen LogP contribution in [0.15, 0.2) is 46.6 Å². The van der Waals surface area contributed by atoms with Gasteiger partial charge in [-0.2, -0.15) is 24.3 Å². The van der Waals surface area contributed by atoms with Crippen molar-refractivity contribution in [2.75, 3.05) is 11.1 Å². The van der Waals surface area contributed by atoms with E-state index in [1.165, 1.54) is 40.3 Å². The Kier molecular flexibility index (Phi) is 4.30. The number of hydrogen-bond donors (Lipinski definition) is 2. The van der Waals surface area contributed by atoms with Crippen molar-refractivity contribution in [1.29, 1.82) is 0 Å². The van der Waals surface area contributed by atoms with E-state index in [4.69, 9.17) is 5.73 Å². The zero-order valence-electron chi connectivity index (χ0n) is 13.7. The molecule has 0 saturated carbocycles. The second-order valence-electron chi connectivity index (χ2n) is 5.35. The minimum absolute atomic E-state index is 0.0247. The standard InChI is InChI=1S/C15H12FN9OS/c16-9-3-5-10(6-4-9)18-14-20-11(19-13(17)21-14)8-24-15(26)25(23-22-24)12-2-1-7-27-12/h1-7H,8H2,(H3,17,18,19,20,21). The molecule has 3 aromatic heterocycles. The monoisotopic (exact) mass is 385 g/mol. The van der Waals surface area contributed by atoms with E-state index in [9.17, 15) is 9.18 Å². The number of nitrogen functional groups attached to an aromatic ring is 1. The highest BCUT2D eigenvalue weighted by atomic mass is 32.1. The average molecular weight is 385 g/mol. The Morgan fingerprint density at radius 2 is 1.93 bits per heavy atom. The summed E-state index contributed by atoms with van der Waals surface area (Å²) in [6, 6.07) is 9.24. The number of anilines is 3. The molecule has 136 valence electrons. The molecular formula is C15H12FN9OS. The zero-order chi connectivity index (χ0) is 18.8. The van der Waals surface area contributed by atoms with Crippen LogP contribution in [0.1, 0.15) is 5.82 Å². The van der Waals surface area contributed by atoms with Gasteiger partial charge in [0, 0.05) is 5.69 Å². The van der Waals surface area contributed by atoms with Gasteiger partial charge in [-0.1, -0.05) is 0 Å². The number of nitrogens with zero attached hydrogens (tertiary/aromatic N) is 7. The number of tetrazole rings is 1. The summed E-state index contributed by atoms with van der Waals surface area (Å²) in [4.78, 5) is 24.6.